The Hall–Kier alpha value is -1.53. The average Bonchev–Trinajstić information content (AvgIpc) is 2.99. The molecule has 0 radical (unpaired) electrons. The van der Waals surface area contributed by atoms with Crippen molar-refractivity contribution in [1.82, 2.24) is 10.2 Å². The van der Waals surface area contributed by atoms with Crippen molar-refractivity contribution in [2.75, 3.05) is 25.1 Å². The van der Waals surface area contributed by atoms with E-state index in [9.17, 15) is 4.39 Å². The maximum absolute atomic E-state index is 12.9. The molecule has 1 aromatic heterocycles. The Bertz CT molecular complexity index is 596. The van der Waals surface area contributed by atoms with Gasteiger partial charge < -0.3 is 9.64 Å². The number of nitrogens with zero attached hydrogens (tertiary/aromatic N) is 3. The monoisotopic (exact) mass is 321 g/mol. The molecule has 1 unspecified atom stereocenters. The van der Waals surface area contributed by atoms with Gasteiger partial charge in [-0.2, -0.15) is 0 Å². The molecule has 0 bridgehead atoms. The third kappa shape index (κ3) is 4.01. The van der Waals surface area contributed by atoms with E-state index in [0.29, 0.717) is 12.5 Å². The van der Waals surface area contributed by atoms with Crippen molar-refractivity contribution in [3.8, 4) is 0 Å². The molecule has 1 saturated heterocycles. The summed E-state index contributed by atoms with van der Waals surface area (Å²) in [6.45, 7) is 1.72. The summed E-state index contributed by atoms with van der Waals surface area (Å²) >= 11 is 1.58. The number of likely N-dealkylation sites (N-methyl/N-ethyl adjacent to an activating group) is 1. The van der Waals surface area contributed by atoms with Crippen LogP contribution in [0.2, 0.25) is 0 Å². The number of hydrogen-bond donors (Lipinski definition) is 0. The SMILES string of the molecule is CN(CC1CCCCO1)c1nnc(Cc2ccc(F)cc2)s1. The molecule has 0 spiro atoms. The fourth-order valence-corrected chi connectivity index (χ4v) is 3.43. The van der Waals surface area contributed by atoms with Crippen LogP contribution < -0.4 is 4.90 Å². The fourth-order valence-electron chi connectivity index (χ4n) is 2.58. The van der Waals surface area contributed by atoms with Crippen molar-refractivity contribution in [2.45, 2.75) is 31.8 Å². The van der Waals surface area contributed by atoms with Crippen LogP contribution in [0.3, 0.4) is 0 Å². The van der Waals surface area contributed by atoms with Gasteiger partial charge in [-0.25, -0.2) is 4.39 Å². The summed E-state index contributed by atoms with van der Waals surface area (Å²) in [5.41, 5.74) is 1.04. The first-order chi connectivity index (χ1) is 10.7. The van der Waals surface area contributed by atoms with E-state index < -0.39 is 0 Å². The van der Waals surface area contributed by atoms with E-state index >= 15 is 0 Å². The summed E-state index contributed by atoms with van der Waals surface area (Å²) in [4.78, 5) is 2.11. The van der Waals surface area contributed by atoms with Crippen LogP contribution in [0, 0.1) is 5.82 Å². The van der Waals surface area contributed by atoms with Crippen molar-refractivity contribution in [3.63, 3.8) is 0 Å². The first kappa shape index (κ1) is 15.4. The van der Waals surface area contributed by atoms with Crippen LogP contribution in [0.25, 0.3) is 0 Å². The van der Waals surface area contributed by atoms with E-state index in [1.54, 1.807) is 23.5 Å². The fraction of sp³-hybridized carbons (Fsp3) is 0.500. The first-order valence-corrected chi connectivity index (χ1v) is 8.42. The molecule has 1 atom stereocenters. The van der Waals surface area contributed by atoms with Crippen molar-refractivity contribution in [3.05, 3.63) is 40.7 Å². The molecule has 6 heteroatoms. The number of aromatic nitrogens is 2. The third-order valence-electron chi connectivity index (χ3n) is 3.80. The molecule has 0 saturated carbocycles. The van der Waals surface area contributed by atoms with E-state index in [0.717, 1.165) is 35.3 Å². The van der Waals surface area contributed by atoms with Crippen molar-refractivity contribution in [1.29, 1.82) is 0 Å². The highest BCUT2D eigenvalue weighted by Gasteiger charge is 2.18. The van der Waals surface area contributed by atoms with Crippen LogP contribution in [-0.4, -0.2) is 36.5 Å². The van der Waals surface area contributed by atoms with E-state index in [1.807, 2.05) is 7.05 Å². The topological polar surface area (TPSA) is 38.2 Å². The van der Waals surface area contributed by atoms with Crippen LogP contribution >= 0.6 is 11.3 Å². The van der Waals surface area contributed by atoms with Crippen molar-refractivity contribution in [2.24, 2.45) is 0 Å². The van der Waals surface area contributed by atoms with Gasteiger partial charge >= 0.3 is 0 Å². The molecule has 118 valence electrons. The molecule has 3 rings (SSSR count). The smallest absolute Gasteiger partial charge is 0.208 e. The molecule has 4 nitrogen and oxygen atoms in total. The summed E-state index contributed by atoms with van der Waals surface area (Å²) in [6.07, 6.45) is 4.51. The van der Waals surface area contributed by atoms with Crippen molar-refractivity contribution < 1.29 is 9.13 Å². The Labute approximate surface area is 133 Å². The lowest BCUT2D eigenvalue weighted by Gasteiger charge is -2.26. The van der Waals surface area contributed by atoms with Gasteiger partial charge in [0.2, 0.25) is 5.13 Å². The normalized spacial score (nSPS) is 18.4. The van der Waals surface area contributed by atoms with Gasteiger partial charge in [-0.05, 0) is 37.0 Å². The highest BCUT2D eigenvalue weighted by Crippen LogP contribution is 2.23. The standard InChI is InChI=1S/C16H20FN3OS/c1-20(11-14-4-2-3-9-21-14)16-19-18-15(22-16)10-12-5-7-13(17)8-6-12/h5-8,14H,2-4,9-11H2,1H3. The van der Waals surface area contributed by atoms with E-state index in [1.165, 1.54) is 25.0 Å². The molecule has 1 fully saturated rings. The molecule has 1 aliphatic heterocycles. The van der Waals surface area contributed by atoms with Gasteiger partial charge in [-0.1, -0.05) is 23.5 Å². The number of halogens is 1. The second-order valence-electron chi connectivity index (χ2n) is 5.65. The van der Waals surface area contributed by atoms with Gasteiger partial charge in [0, 0.05) is 26.6 Å². The molecule has 0 aliphatic carbocycles. The minimum Gasteiger partial charge on any atom is -0.376 e. The lowest BCUT2D eigenvalue weighted by Crippen LogP contribution is -2.33. The zero-order chi connectivity index (χ0) is 15.4. The molecular formula is C16H20FN3OS. The maximum Gasteiger partial charge on any atom is 0.208 e. The predicted octanol–water partition coefficient (Wildman–Crippen LogP) is 3.27. The number of hydrogen-bond acceptors (Lipinski definition) is 5. The van der Waals surface area contributed by atoms with Crippen molar-refractivity contribution >= 4 is 16.5 Å². The summed E-state index contributed by atoms with van der Waals surface area (Å²) in [5.74, 6) is -0.214. The second-order valence-corrected chi connectivity index (χ2v) is 6.69. The minimum absolute atomic E-state index is 0.214. The Morgan fingerprint density at radius 2 is 2.09 bits per heavy atom. The molecular weight excluding hydrogens is 301 g/mol. The summed E-state index contributed by atoms with van der Waals surface area (Å²) in [5, 5.41) is 10.4. The molecule has 0 N–H and O–H groups in total. The molecule has 22 heavy (non-hydrogen) atoms. The first-order valence-electron chi connectivity index (χ1n) is 7.60. The Balaban J connectivity index is 1.58. The lowest BCUT2D eigenvalue weighted by molar-refractivity contribution is 0.0216. The van der Waals surface area contributed by atoms with E-state index in [4.69, 9.17) is 4.74 Å². The van der Waals surface area contributed by atoms with Gasteiger partial charge in [-0.15, -0.1) is 10.2 Å². The molecule has 2 aromatic rings. The largest absolute Gasteiger partial charge is 0.376 e. The van der Waals surface area contributed by atoms with E-state index in [-0.39, 0.29) is 5.82 Å². The number of benzene rings is 1. The predicted molar refractivity (Wildman–Crippen MR) is 86.0 cm³/mol. The Morgan fingerprint density at radius 1 is 1.27 bits per heavy atom. The Kier molecular flexibility index (Phi) is 5.00. The zero-order valence-electron chi connectivity index (χ0n) is 12.7. The van der Waals surface area contributed by atoms with Crippen LogP contribution in [0.4, 0.5) is 9.52 Å². The number of rotatable bonds is 5. The van der Waals surface area contributed by atoms with Gasteiger partial charge in [0.15, 0.2) is 0 Å². The lowest BCUT2D eigenvalue weighted by atomic mass is 10.1. The summed E-state index contributed by atoms with van der Waals surface area (Å²) < 4.78 is 18.7. The molecule has 1 aliphatic rings. The summed E-state index contributed by atoms with van der Waals surface area (Å²) in [6, 6.07) is 6.53. The summed E-state index contributed by atoms with van der Waals surface area (Å²) in [7, 11) is 2.03. The van der Waals surface area contributed by atoms with Crippen LogP contribution in [0.5, 0.6) is 0 Å². The number of anilines is 1. The zero-order valence-corrected chi connectivity index (χ0v) is 13.5. The van der Waals surface area contributed by atoms with Gasteiger partial charge in [-0.3, -0.25) is 0 Å². The molecule has 2 heterocycles. The van der Waals surface area contributed by atoms with E-state index in [2.05, 4.69) is 15.1 Å². The van der Waals surface area contributed by atoms with Gasteiger partial charge in [0.1, 0.15) is 10.8 Å². The third-order valence-corrected chi connectivity index (χ3v) is 4.84. The average molecular weight is 321 g/mol. The van der Waals surface area contributed by atoms with Crippen LogP contribution in [0.15, 0.2) is 24.3 Å². The van der Waals surface area contributed by atoms with Gasteiger partial charge in [0.05, 0.1) is 6.10 Å². The highest BCUT2D eigenvalue weighted by atomic mass is 32.1. The van der Waals surface area contributed by atoms with Crippen LogP contribution in [-0.2, 0) is 11.2 Å². The number of ether oxygens (including phenoxy) is 1. The molecule has 0 amide bonds. The highest BCUT2D eigenvalue weighted by molar-refractivity contribution is 7.15. The maximum atomic E-state index is 12.9. The Morgan fingerprint density at radius 3 is 2.82 bits per heavy atom. The second kappa shape index (κ2) is 7.15. The molecule has 1 aromatic carbocycles. The quantitative estimate of drug-likeness (QED) is 0.847. The minimum atomic E-state index is -0.214. The van der Waals surface area contributed by atoms with Gasteiger partial charge in [0.25, 0.3) is 0 Å². The van der Waals surface area contributed by atoms with Crippen LogP contribution in [0.1, 0.15) is 29.8 Å².